The van der Waals surface area contributed by atoms with Crippen molar-refractivity contribution in [1.82, 2.24) is 14.0 Å². The Labute approximate surface area is 467 Å². The first-order valence-electron chi connectivity index (χ1n) is 27.2. The van der Waals surface area contributed by atoms with E-state index in [0.29, 0.717) is 26.4 Å². The summed E-state index contributed by atoms with van der Waals surface area (Å²) in [6.07, 6.45) is 5.30. The molecule has 0 spiro atoms. The van der Waals surface area contributed by atoms with E-state index >= 15 is 0 Å². The second kappa shape index (κ2) is 25.9. The standard InChI is InChI=1S/C38H34BrNO3.C30H34N2O3/c1-28-36-24-35(43-27-31-10-6-3-7-11-31)20-21-37(36)40(25-29-12-16-33(17-13-29)41-23-22-39)38(28)32-14-18-34(19-15-32)42-26-30-8-4-2-5-9-30;1-22-28-20-26(34)12-15-29(28)32(30(22)24-8-10-25(33)11-9-24)21-23-6-13-27(14-7-23)35-19-18-31-16-4-2-3-5-17-31/h2-21,24H,22-23,25-27H2,1H3;6-15,20,33-34H,2-5,16-19,21H2,1H3. The summed E-state index contributed by atoms with van der Waals surface area (Å²) in [5, 5.41) is 22.9. The molecule has 0 unspecified atom stereocenters. The minimum absolute atomic E-state index is 0.248. The highest BCUT2D eigenvalue weighted by atomic mass is 79.9. The Morgan fingerprint density at radius 2 is 0.859 bits per heavy atom. The van der Waals surface area contributed by atoms with Gasteiger partial charge in [0, 0.05) is 46.8 Å². The van der Waals surface area contributed by atoms with Crippen molar-refractivity contribution in [3.63, 3.8) is 0 Å². The first-order valence-corrected chi connectivity index (χ1v) is 28.3. The van der Waals surface area contributed by atoms with Gasteiger partial charge in [-0.3, -0.25) is 4.90 Å². The van der Waals surface area contributed by atoms with Gasteiger partial charge in [0.2, 0.25) is 0 Å². The van der Waals surface area contributed by atoms with Crippen LogP contribution in [0.4, 0.5) is 0 Å². The molecule has 398 valence electrons. The zero-order chi connectivity index (χ0) is 53.6. The Bertz CT molecular complexity index is 3500. The number of nitrogens with zero attached hydrogens (tertiary/aromatic N) is 3. The molecule has 0 aliphatic carbocycles. The van der Waals surface area contributed by atoms with Crippen molar-refractivity contribution >= 4 is 37.7 Å². The van der Waals surface area contributed by atoms with E-state index in [4.69, 9.17) is 18.9 Å². The summed E-state index contributed by atoms with van der Waals surface area (Å²) in [4.78, 5) is 2.52. The number of hydrogen-bond donors (Lipinski definition) is 2. The third kappa shape index (κ3) is 13.4. The number of phenols is 2. The molecule has 1 aliphatic heterocycles. The zero-order valence-corrected chi connectivity index (χ0v) is 46.2. The molecule has 0 radical (unpaired) electrons. The maximum Gasteiger partial charge on any atom is 0.120 e. The summed E-state index contributed by atoms with van der Waals surface area (Å²) in [6, 6.07) is 65.0. The number of benzene rings is 8. The van der Waals surface area contributed by atoms with E-state index in [1.807, 2.05) is 72.8 Å². The molecule has 2 aromatic heterocycles. The van der Waals surface area contributed by atoms with Gasteiger partial charge >= 0.3 is 0 Å². The molecule has 3 heterocycles. The van der Waals surface area contributed by atoms with E-state index in [-0.39, 0.29) is 11.5 Å². The maximum atomic E-state index is 10.1. The van der Waals surface area contributed by atoms with E-state index in [1.54, 1.807) is 18.2 Å². The Balaban J connectivity index is 0.000000180. The van der Waals surface area contributed by atoms with Crippen molar-refractivity contribution in [2.45, 2.75) is 65.8 Å². The van der Waals surface area contributed by atoms with Crippen LogP contribution in [0.2, 0.25) is 0 Å². The number of aromatic nitrogens is 2. The van der Waals surface area contributed by atoms with Gasteiger partial charge in [0.25, 0.3) is 0 Å². The van der Waals surface area contributed by atoms with Crippen molar-refractivity contribution in [2.75, 3.05) is 38.2 Å². The third-order valence-corrected chi connectivity index (χ3v) is 14.9. The third-order valence-electron chi connectivity index (χ3n) is 14.6. The van der Waals surface area contributed by atoms with Gasteiger partial charge in [0.05, 0.1) is 18.0 Å². The highest BCUT2D eigenvalue weighted by molar-refractivity contribution is 9.09. The molecule has 78 heavy (non-hydrogen) atoms. The number of fused-ring (bicyclic) bond motifs is 2. The second-order valence-electron chi connectivity index (χ2n) is 20.0. The Morgan fingerprint density at radius 3 is 1.40 bits per heavy atom. The summed E-state index contributed by atoms with van der Waals surface area (Å²) >= 11 is 3.43. The van der Waals surface area contributed by atoms with Gasteiger partial charge in [0.15, 0.2) is 0 Å². The van der Waals surface area contributed by atoms with Crippen LogP contribution in [0.15, 0.2) is 194 Å². The Morgan fingerprint density at radius 1 is 0.423 bits per heavy atom. The molecule has 1 aliphatic rings. The minimum atomic E-state index is 0.248. The molecule has 1 fully saturated rings. The van der Waals surface area contributed by atoms with E-state index in [9.17, 15) is 10.2 Å². The van der Waals surface area contributed by atoms with Crippen molar-refractivity contribution in [3.05, 3.63) is 228 Å². The minimum Gasteiger partial charge on any atom is -0.508 e. The molecule has 10 aromatic rings. The SMILES string of the molecule is Cc1c(-c2ccc(O)cc2)n(Cc2ccc(OCCN3CCCCCC3)cc2)c2ccc(O)cc12.Cc1c(-c2ccc(OCc3ccccc3)cc2)n(Cc2ccc(OCCBr)cc2)c2ccc(OCc3ccccc3)cc12. The first-order chi connectivity index (χ1) is 38.3. The summed E-state index contributed by atoms with van der Waals surface area (Å²) in [5.74, 6) is 4.00. The fraction of sp³-hybridized carbons (Fsp3) is 0.235. The van der Waals surface area contributed by atoms with E-state index in [2.05, 4.69) is 147 Å². The summed E-state index contributed by atoms with van der Waals surface area (Å²) in [6.45, 7) is 11.5. The number of hydrogen-bond acceptors (Lipinski definition) is 7. The molecule has 0 amide bonds. The lowest BCUT2D eigenvalue weighted by molar-refractivity contribution is 0.214. The number of rotatable bonds is 19. The molecule has 0 saturated carbocycles. The van der Waals surface area contributed by atoms with Gasteiger partial charge in [-0.1, -0.05) is 114 Å². The van der Waals surface area contributed by atoms with Gasteiger partial charge in [0.1, 0.15) is 54.3 Å². The van der Waals surface area contributed by atoms with Crippen LogP contribution in [0.25, 0.3) is 44.3 Å². The first kappa shape index (κ1) is 53.5. The predicted octanol–water partition coefficient (Wildman–Crippen LogP) is 15.9. The number of aromatic hydroxyl groups is 2. The second-order valence-corrected chi connectivity index (χ2v) is 20.8. The largest absolute Gasteiger partial charge is 0.508 e. The van der Waals surface area contributed by atoms with Gasteiger partial charge in [-0.05, 0) is 193 Å². The fourth-order valence-corrected chi connectivity index (χ4v) is 10.7. The molecular weight excluding hydrogens is 1030 g/mol. The lowest BCUT2D eigenvalue weighted by Crippen LogP contribution is -2.29. The molecule has 0 atom stereocenters. The monoisotopic (exact) mass is 1100 g/mol. The topological polar surface area (TPSA) is 90.5 Å². The van der Waals surface area contributed by atoms with Crippen LogP contribution in [0, 0.1) is 13.8 Å². The quantitative estimate of drug-likeness (QED) is 0.0780. The number of halogens is 1. The molecule has 0 bridgehead atoms. The molecule has 11 rings (SSSR count). The van der Waals surface area contributed by atoms with Gasteiger partial charge in [-0.25, -0.2) is 0 Å². The van der Waals surface area contributed by atoms with Gasteiger partial charge in [-0.15, -0.1) is 0 Å². The maximum absolute atomic E-state index is 10.1. The van der Waals surface area contributed by atoms with Crippen LogP contribution in [-0.2, 0) is 26.3 Å². The predicted molar refractivity (Wildman–Crippen MR) is 320 cm³/mol. The Hall–Kier alpha value is -7.92. The average molecular weight is 1100 g/mol. The van der Waals surface area contributed by atoms with Crippen LogP contribution in [-0.4, -0.2) is 62.4 Å². The van der Waals surface area contributed by atoms with Gasteiger partial charge < -0.3 is 38.3 Å². The van der Waals surface area contributed by atoms with Crippen molar-refractivity contribution in [3.8, 4) is 57.0 Å². The van der Waals surface area contributed by atoms with Crippen LogP contribution < -0.4 is 18.9 Å². The fourth-order valence-electron chi connectivity index (χ4n) is 10.5. The summed E-state index contributed by atoms with van der Waals surface area (Å²) in [7, 11) is 0. The average Bonchev–Trinajstić information content (AvgIpc) is 3.98. The molecule has 8 aromatic carbocycles. The van der Waals surface area contributed by atoms with E-state index in [0.717, 1.165) is 92.4 Å². The van der Waals surface area contributed by atoms with Gasteiger partial charge in [-0.2, -0.15) is 0 Å². The van der Waals surface area contributed by atoms with Crippen molar-refractivity contribution in [1.29, 1.82) is 0 Å². The summed E-state index contributed by atoms with van der Waals surface area (Å²) in [5.41, 5.74) is 13.7. The number of ether oxygens (including phenoxy) is 4. The lowest BCUT2D eigenvalue weighted by Gasteiger charge is -2.19. The molecule has 1 saturated heterocycles. The number of aryl methyl sites for hydroxylation is 2. The zero-order valence-electron chi connectivity index (χ0n) is 44.6. The van der Waals surface area contributed by atoms with Crippen LogP contribution >= 0.6 is 15.9 Å². The number of likely N-dealkylation sites (tertiary alicyclic amines) is 1. The molecule has 10 heteroatoms. The summed E-state index contributed by atoms with van der Waals surface area (Å²) < 4.78 is 28.8. The molecule has 9 nitrogen and oxygen atoms in total. The Kier molecular flexibility index (Phi) is 17.8. The van der Waals surface area contributed by atoms with Crippen LogP contribution in [0.3, 0.4) is 0 Å². The van der Waals surface area contributed by atoms with E-state index < -0.39 is 0 Å². The molecular formula is C68H68BrN3O6. The van der Waals surface area contributed by atoms with E-state index in [1.165, 1.54) is 72.1 Å². The highest BCUT2D eigenvalue weighted by Gasteiger charge is 2.20. The number of alkyl halides is 1. The van der Waals surface area contributed by atoms with Crippen molar-refractivity contribution < 1.29 is 29.2 Å². The smallest absolute Gasteiger partial charge is 0.120 e. The lowest BCUT2D eigenvalue weighted by atomic mass is 10.1. The normalized spacial score (nSPS) is 12.7. The number of phenolic OH excluding ortho intramolecular Hbond substituents is 2. The molecule has 2 N–H and O–H groups in total. The van der Waals surface area contributed by atoms with Crippen molar-refractivity contribution in [2.24, 2.45) is 0 Å². The van der Waals surface area contributed by atoms with Crippen LogP contribution in [0.5, 0.6) is 34.5 Å². The van der Waals surface area contributed by atoms with Crippen LogP contribution in [0.1, 0.15) is 59.1 Å². The highest BCUT2D eigenvalue weighted by Crippen LogP contribution is 2.39.